The zero-order valence-corrected chi connectivity index (χ0v) is 13.8. The van der Waals surface area contributed by atoms with Crippen LogP contribution in [0.25, 0.3) is 0 Å². The third-order valence-corrected chi connectivity index (χ3v) is 3.82. The van der Waals surface area contributed by atoms with E-state index in [0.717, 1.165) is 11.1 Å². The lowest BCUT2D eigenvalue weighted by atomic mass is 10.1. The molecule has 8 heteroatoms. The molecule has 0 aliphatic heterocycles. The van der Waals surface area contributed by atoms with Gasteiger partial charge in [-0.15, -0.1) is 0 Å². The Kier molecular flexibility index (Phi) is 5.23. The standard InChI is InChI=1S/C18H17N5O3/c24-18(21-16-7-3-4-8-17(16)23(25)26)20-11-14-5-1-2-6-15(14)12-22-10-9-19-13-22/h1-10,13H,11-12H2,(H2,20,21,24). The van der Waals surface area contributed by atoms with Crippen LogP contribution in [0.5, 0.6) is 0 Å². The fourth-order valence-electron chi connectivity index (χ4n) is 2.54. The monoisotopic (exact) mass is 351 g/mol. The predicted octanol–water partition coefficient (Wildman–Crippen LogP) is 3.16. The summed E-state index contributed by atoms with van der Waals surface area (Å²) in [5.74, 6) is 0. The summed E-state index contributed by atoms with van der Waals surface area (Å²) in [6.45, 7) is 0.945. The van der Waals surface area contributed by atoms with E-state index in [1.165, 1.54) is 12.1 Å². The zero-order valence-electron chi connectivity index (χ0n) is 13.8. The third kappa shape index (κ3) is 4.23. The first kappa shape index (κ1) is 17.2. The fourth-order valence-corrected chi connectivity index (χ4v) is 2.54. The summed E-state index contributed by atoms with van der Waals surface area (Å²) in [4.78, 5) is 26.6. The Morgan fingerprint density at radius 3 is 2.58 bits per heavy atom. The highest BCUT2D eigenvalue weighted by molar-refractivity contribution is 5.91. The van der Waals surface area contributed by atoms with Crippen LogP contribution in [0.1, 0.15) is 11.1 Å². The molecule has 0 atom stereocenters. The summed E-state index contributed by atoms with van der Waals surface area (Å²) in [7, 11) is 0. The number of benzene rings is 2. The van der Waals surface area contributed by atoms with Crippen molar-refractivity contribution in [1.82, 2.24) is 14.9 Å². The highest BCUT2D eigenvalue weighted by Crippen LogP contribution is 2.22. The first-order valence-electron chi connectivity index (χ1n) is 7.94. The quantitative estimate of drug-likeness (QED) is 0.526. The Labute approximate surface area is 149 Å². The molecule has 0 saturated carbocycles. The number of rotatable bonds is 6. The third-order valence-electron chi connectivity index (χ3n) is 3.82. The molecule has 8 nitrogen and oxygen atoms in total. The second kappa shape index (κ2) is 7.93. The summed E-state index contributed by atoms with van der Waals surface area (Å²) in [6.07, 6.45) is 5.30. The molecule has 0 saturated heterocycles. The normalized spacial score (nSPS) is 10.3. The van der Waals surface area contributed by atoms with Gasteiger partial charge in [0, 0.05) is 31.5 Å². The van der Waals surface area contributed by atoms with Crippen molar-refractivity contribution in [1.29, 1.82) is 0 Å². The van der Waals surface area contributed by atoms with Crippen LogP contribution in [0.2, 0.25) is 0 Å². The van der Waals surface area contributed by atoms with E-state index < -0.39 is 11.0 Å². The summed E-state index contributed by atoms with van der Waals surface area (Å²) >= 11 is 0. The van der Waals surface area contributed by atoms with Crippen LogP contribution in [-0.2, 0) is 13.1 Å². The van der Waals surface area contributed by atoms with Crippen LogP contribution < -0.4 is 10.6 Å². The number of anilines is 1. The van der Waals surface area contributed by atoms with Gasteiger partial charge in [-0.25, -0.2) is 9.78 Å². The Balaban J connectivity index is 1.64. The van der Waals surface area contributed by atoms with E-state index >= 15 is 0 Å². The lowest BCUT2D eigenvalue weighted by molar-refractivity contribution is -0.383. The topological polar surface area (TPSA) is 102 Å². The molecule has 1 aromatic heterocycles. The lowest BCUT2D eigenvalue weighted by Gasteiger charge is -2.12. The molecule has 0 fully saturated rings. The number of nitro benzene ring substituents is 1. The number of carbonyl (C=O) groups excluding carboxylic acids is 1. The Morgan fingerprint density at radius 2 is 1.85 bits per heavy atom. The van der Waals surface area contributed by atoms with Crippen molar-refractivity contribution in [2.24, 2.45) is 0 Å². The van der Waals surface area contributed by atoms with Crippen LogP contribution in [-0.4, -0.2) is 20.5 Å². The molecular formula is C18H17N5O3. The molecule has 0 spiro atoms. The minimum absolute atomic E-state index is 0.150. The number of amides is 2. The molecule has 2 aromatic carbocycles. The number of hydrogen-bond donors (Lipinski definition) is 2. The van der Waals surface area contributed by atoms with Crippen molar-refractivity contribution in [2.75, 3.05) is 5.32 Å². The number of carbonyl (C=O) groups is 1. The first-order chi connectivity index (χ1) is 12.6. The van der Waals surface area contributed by atoms with Crippen molar-refractivity contribution >= 4 is 17.4 Å². The first-order valence-corrected chi connectivity index (χ1v) is 7.94. The second-order valence-corrected chi connectivity index (χ2v) is 5.59. The molecule has 1 heterocycles. The Hall–Kier alpha value is -3.68. The molecule has 132 valence electrons. The van der Waals surface area contributed by atoms with Gasteiger partial charge in [-0.2, -0.15) is 0 Å². The van der Waals surface area contributed by atoms with Crippen molar-refractivity contribution < 1.29 is 9.72 Å². The maximum Gasteiger partial charge on any atom is 0.319 e. The number of aromatic nitrogens is 2. The summed E-state index contributed by atoms with van der Waals surface area (Å²) < 4.78 is 1.94. The molecule has 0 unspecified atom stereocenters. The van der Waals surface area contributed by atoms with Gasteiger partial charge in [-0.3, -0.25) is 10.1 Å². The minimum Gasteiger partial charge on any atom is -0.334 e. The van der Waals surface area contributed by atoms with Gasteiger partial charge in [0.25, 0.3) is 5.69 Å². The van der Waals surface area contributed by atoms with Gasteiger partial charge < -0.3 is 15.2 Å². The molecule has 26 heavy (non-hydrogen) atoms. The summed E-state index contributed by atoms with van der Waals surface area (Å²) in [5.41, 5.74) is 2.01. The van der Waals surface area contributed by atoms with Gasteiger partial charge in [-0.05, 0) is 17.2 Å². The van der Waals surface area contributed by atoms with Gasteiger partial charge in [-0.1, -0.05) is 36.4 Å². The zero-order chi connectivity index (χ0) is 18.4. The molecule has 2 N–H and O–H groups in total. The lowest BCUT2D eigenvalue weighted by Crippen LogP contribution is -2.29. The molecule has 3 rings (SSSR count). The number of imidazole rings is 1. The molecule has 2 amide bonds. The van der Waals surface area contributed by atoms with Crippen LogP contribution in [0, 0.1) is 10.1 Å². The number of nitro groups is 1. The smallest absolute Gasteiger partial charge is 0.319 e. The molecule has 0 bridgehead atoms. The molecule has 0 aliphatic carbocycles. The largest absolute Gasteiger partial charge is 0.334 e. The van der Waals surface area contributed by atoms with Crippen molar-refractivity contribution in [3.05, 3.63) is 88.5 Å². The predicted molar refractivity (Wildman–Crippen MR) is 96.7 cm³/mol. The van der Waals surface area contributed by atoms with E-state index in [2.05, 4.69) is 15.6 Å². The highest BCUT2D eigenvalue weighted by Gasteiger charge is 2.14. The summed E-state index contributed by atoms with van der Waals surface area (Å²) in [5, 5.41) is 16.3. The molecule has 3 aromatic rings. The SMILES string of the molecule is O=C(NCc1ccccc1Cn1ccnc1)Nc1ccccc1[N+](=O)[O-]. The van der Waals surface area contributed by atoms with Gasteiger partial charge in [0.1, 0.15) is 5.69 Å². The second-order valence-electron chi connectivity index (χ2n) is 5.59. The number of nitrogens with zero attached hydrogens (tertiary/aromatic N) is 3. The number of hydrogen-bond acceptors (Lipinski definition) is 4. The van der Waals surface area contributed by atoms with Gasteiger partial charge in [0.15, 0.2) is 0 Å². The number of nitrogens with one attached hydrogen (secondary N) is 2. The fraction of sp³-hybridized carbons (Fsp3) is 0.111. The van der Waals surface area contributed by atoms with Crippen LogP contribution in [0.3, 0.4) is 0 Å². The van der Waals surface area contributed by atoms with Crippen molar-refractivity contribution in [3.8, 4) is 0 Å². The van der Waals surface area contributed by atoms with E-state index in [-0.39, 0.29) is 11.4 Å². The van der Waals surface area contributed by atoms with E-state index in [0.29, 0.717) is 13.1 Å². The van der Waals surface area contributed by atoms with E-state index in [1.54, 1.807) is 24.7 Å². The van der Waals surface area contributed by atoms with Crippen molar-refractivity contribution in [3.63, 3.8) is 0 Å². The van der Waals surface area contributed by atoms with Gasteiger partial charge in [0.05, 0.1) is 11.3 Å². The van der Waals surface area contributed by atoms with Gasteiger partial charge in [0.2, 0.25) is 0 Å². The molecule has 0 aliphatic rings. The van der Waals surface area contributed by atoms with Crippen LogP contribution >= 0.6 is 0 Å². The van der Waals surface area contributed by atoms with Crippen LogP contribution in [0.4, 0.5) is 16.2 Å². The number of urea groups is 1. The molecular weight excluding hydrogens is 334 g/mol. The van der Waals surface area contributed by atoms with E-state index in [9.17, 15) is 14.9 Å². The number of para-hydroxylation sites is 2. The van der Waals surface area contributed by atoms with Crippen LogP contribution in [0.15, 0.2) is 67.3 Å². The highest BCUT2D eigenvalue weighted by atomic mass is 16.6. The Bertz CT molecular complexity index is 909. The minimum atomic E-state index is -0.532. The van der Waals surface area contributed by atoms with E-state index in [4.69, 9.17) is 0 Å². The van der Waals surface area contributed by atoms with Crippen molar-refractivity contribution in [2.45, 2.75) is 13.1 Å². The maximum atomic E-state index is 12.1. The van der Waals surface area contributed by atoms with Gasteiger partial charge >= 0.3 is 6.03 Å². The average Bonchev–Trinajstić information content (AvgIpc) is 3.14. The molecule has 0 radical (unpaired) electrons. The maximum absolute atomic E-state index is 12.1. The van der Waals surface area contributed by atoms with E-state index in [1.807, 2.05) is 35.0 Å². The average molecular weight is 351 g/mol. The summed E-state index contributed by atoms with van der Waals surface area (Å²) in [6, 6.07) is 13.3. The Morgan fingerprint density at radius 1 is 1.12 bits per heavy atom.